The van der Waals surface area contributed by atoms with Crippen LogP contribution in [-0.4, -0.2) is 84.2 Å². The molecule has 0 aliphatic carbocycles. The van der Waals surface area contributed by atoms with Crippen molar-refractivity contribution in [2.75, 3.05) is 13.2 Å². The summed E-state index contributed by atoms with van der Waals surface area (Å²) in [4.78, 5) is 37.6. The van der Waals surface area contributed by atoms with Gasteiger partial charge in [-0.05, 0) is 57.2 Å². The molecule has 0 unspecified atom stereocenters. The van der Waals surface area contributed by atoms with E-state index in [1.54, 1.807) is 35.9 Å². The molecular weight excluding hydrogens is 716 g/mol. The van der Waals surface area contributed by atoms with E-state index in [4.69, 9.17) is 18.8 Å². The Morgan fingerprint density at radius 3 is 1.98 bits per heavy atom. The monoisotopic (exact) mass is 757 g/mol. The van der Waals surface area contributed by atoms with Gasteiger partial charge in [0, 0.05) is 60.7 Å². The number of ether oxygens (including phenoxy) is 1. The Hall–Kier alpha value is -6.01. The molecule has 0 fully saturated rings. The summed E-state index contributed by atoms with van der Waals surface area (Å²) >= 11 is 0. The van der Waals surface area contributed by atoms with E-state index in [0.717, 1.165) is 6.42 Å². The number of carbonyl (C=O) groups is 2. The first-order valence-electron chi connectivity index (χ1n) is 16.5. The van der Waals surface area contributed by atoms with Gasteiger partial charge in [-0.25, -0.2) is 19.1 Å². The fourth-order valence-electron chi connectivity index (χ4n) is 4.85. The van der Waals surface area contributed by atoms with E-state index in [1.807, 2.05) is 0 Å². The zero-order chi connectivity index (χ0) is 38.5. The summed E-state index contributed by atoms with van der Waals surface area (Å²) < 4.78 is 48.9. The predicted octanol–water partition coefficient (Wildman–Crippen LogP) is 4.45. The first-order chi connectivity index (χ1) is 25.3. The molecule has 0 saturated carbocycles. The normalized spacial score (nSPS) is 11.9. The van der Waals surface area contributed by atoms with Crippen LogP contribution in [0.15, 0.2) is 76.3 Å². The highest BCUT2D eigenvalue weighted by Gasteiger charge is 2.20. The van der Waals surface area contributed by atoms with Gasteiger partial charge in [-0.2, -0.15) is 8.42 Å². The van der Waals surface area contributed by atoms with Crippen LogP contribution in [0.3, 0.4) is 0 Å². The van der Waals surface area contributed by atoms with Crippen LogP contribution in [0.25, 0.3) is 16.9 Å². The second kappa shape index (κ2) is 18.5. The number of oxazole rings is 1. The maximum Gasteiger partial charge on any atom is 0.333 e. The van der Waals surface area contributed by atoms with Crippen LogP contribution in [0.1, 0.15) is 64.2 Å². The molecule has 0 bridgehead atoms. The summed E-state index contributed by atoms with van der Waals surface area (Å²) in [7, 11) is -4.69. The summed E-state index contributed by atoms with van der Waals surface area (Å²) in [6.45, 7) is 6.44. The minimum Gasteiger partial charge on any atom is -0.492 e. The van der Waals surface area contributed by atoms with Crippen molar-refractivity contribution in [3.8, 4) is 40.6 Å². The summed E-state index contributed by atoms with van der Waals surface area (Å²) in [6.07, 6.45) is 10.1. The molecule has 17 nitrogen and oxygen atoms in total. The van der Waals surface area contributed by atoms with Crippen LogP contribution in [0.2, 0.25) is 0 Å². The van der Waals surface area contributed by atoms with Gasteiger partial charge in [0.1, 0.15) is 23.9 Å². The molecule has 0 radical (unpaired) electrons. The van der Waals surface area contributed by atoms with E-state index in [2.05, 4.69) is 11.7 Å². The van der Waals surface area contributed by atoms with Crippen molar-refractivity contribution in [3.63, 3.8) is 0 Å². The molecule has 0 spiro atoms. The fraction of sp³-hybridized carbons (Fsp3) is 0.314. The van der Waals surface area contributed by atoms with Crippen LogP contribution in [0.4, 0.5) is 0 Å². The van der Waals surface area contributed by atoms with Gasteiger partial charge in [0.25, 0.3) is 10.1 Å². The molecule has 3 aromatic heterocycles. The molecule has 0 amide bonds. The zero-order valence-corrected chi connectivity index (χ0v) is 29.6. The van der Waals surface area contributed by atoms with Crippen molar-refractivity contribution in [1.82, 2.24) is 14.4 Å². The minimum atomic E-state index is -4.69. The molecule has 0 atom stereocenters. The number of aromatic nitrogens is 3. The highest BCUT2D eigenvalue weighted by atomic mass is 32.2. The molecule has 0 saturated heterocycles. The first kappa shape index (κ1) is 39.8. The fourth-order valence-corrected chi connectivity index (χ4v) is 5.51. The number of benzene rings is 1. The summed E-state index contributed by atoms with van der Waals surface area (Å²) in [5, 5.41) is 38.2. The Balaban J connectivity index is 1.23. The van der Waals surface area contributed by atoms with E-state index in [-0.39, 0.29) is 48.6 Å². The van der Waals surface area contributed by atoms with Crippen LogP contribution in [0, 0.1) is 0 Å². The summed E-state index contributed by atoms with van der Waals surface area (Å²) in [5.41, 5.74) is 0.944. The first-order valence-corrected chi connectivity index (χ1v) is 17.9. The Morgan fingerprint density at radius 2 is 1.43 bits per heavy atom. The molecule has 0 aliphatic heterocycles. The maximum atomic E-state index is 12.2. The lowest BCUT2D eigenvalue weighted by Crippen LogP contribution is -2.18. The van der Waals surface area contributed by atoms with Crippen LogP contribution in [0.5, 0.6) is 29.3 Å². The third kappa shape index (κ3) is 11.5. The Morgan fingerprint density at radius 1 is 0.868 bits per heavy atom. The van der Waals surface area contributed by atoms with Gasteiger partial charge in [0.05, 0.1) is 12.8 Å². The summed E-state index contributed by atoms with van der Waals surface area (Å²) in [6, 6.07) is 8.91. The SMILES string of the molecule is C=[N+](C=CC(=CC)c1ncc(-c2ccc(OCCCCCC(=O)On3c(O)ccc3O)c(S(=O)(=O)O)c2)o1)CCCCCC(=O)On1c(O)ccc1O. The maximum absolute atomic E-state index is 12.2. The van der Waals surface area contributed by atoms with E-state index in [0.29, 0.717) is 59.2 Å². The quantitative estimate of drug-likeness (QED) is 0.0275. The van der Waals surface area contributed by atoms with Crippen molar-refractivity contribution in [1.29, 1.82) is 0 Å². The molecule has 18 heteroatoms. The van der Waals surface area contributed by atoms with Gasteiger partial charge < -0.3 is 39.3 Å². The second-order valence-corrected chi connectivity index (χ2v) is 13.0. The van der Waals surface area contributed by atoms with Crippen LogP contribution < -0.4 is 14.4 Å². The average molecular weight is 758 g/mol. The van der Waals surface area contributed by atoms with Crippen molar-refractivity contribution in [2.24, 2.45) is 0 Å². The predicted molar refractivity (Wildman–Crippen MR) is 188 cm³/mol. The highest BCUT2D eigenvalue weighted by Crippen LogP contribution is 2.32. The van der Waals surface area contributed by atoms with Crippen LogP contribution in [-0.2, 0) is 19.7 Å². The van der Waals surface area contributed by atoms with Crippen molar-refractivity contribution < 1.29 is 66.4 Å². The zero-order valence-electron chi connectivity index (χ0n) is 28.8. The Bertz CT molecular complexity index is 2040. The van der Waals surface area contributed by atoms with Gasteiger partial charge in [0.15, 0.2) is 12.0 Å². The van der Waals surface area contributed by atoms with Crippen molar-refractivity contribution >= 4 is 34.3 Å². The van der Waals surface area contributed by atoms with Crippen molar-refractivity contribution in [2.45, 2.75) is 63.2 Å². The number of rotatable bonds is 20. The van der Waals surface area contributed by atoms with E-state index in [9.17, 15) is 43.0 Å². The van der Waals surface area contributed by atoms with E-state index >= 15 is 0 Å². The topological polar surface area (TPSA) is 236 Å². The lowest BCUT2D eigenvalue weighted by Gasteiger charge is -2.11. The number of unbranched alkanes of at least 4 members (excludes halogenated alkanes) is 4. The lowest BCUT2D eigenvalue weighted by molar-refractivity contribution is -0.448. The number of aromatic hydroxyl groups is 4. The molecular formula is C35H41N4O13S+. The Kier molecular flexibility index (Phi) is 13.9. The number of hydrogen-bond donors (Lipinski definition) is 5. The number of hydrogen-bond acceptors (Lipinski definition) is 13. The molecule has 1 aromatic carbocycles. The highest BCUT2D eigenvalue weighted by molar-refractivity contribution is 7.86. The third-order valence-electron chi connectivity index (χ3n) is 7.63. The van der Waals surface area contributed by atoms with Crippen LogP contribution >= 0.6 is 0 Å². The minimum absolute atomic E-state index is 0.00105. The molecule has 0 aliphatic rings. The molecule has 53 heavy (non-hydrogen) atoms. The number of allylic oxidation sites excluding steroid dienone is 3. The lowest BCUT2D eigenvalue weighted by atomic mass is 10.2. The summed E-state index contributed by atoms with van der Waals surface area (Å²) in [5.74, 6) is -2.45. The van der Waals surface area contributed by atoms with Gasteiger partial charge in [-0.1, -0.05) is 6.08 Å². The molecule has 4 rings (SSSR count). The third-order valence-corrected chi connectivity index (χ3v) is 8.50. The van der Waals surface area contributed by atoms with Crippen molar-refractivity contribution in [3.05, 3.63) is 72.9 Å². The smallest absolute Gasteiger partial charge is 0.333 e. The molecule has 284 valence electrons. The van der Waals surface area contributed by atoms with Gasteiger partial charge in [-0.3, -0.25) is 4.55 Å². The van der Waals surface area contributed by atoms with E-state index in [1.165, 1.54) is 42.6 Å². The largest absolute Gasteiger partial charge is 0.492 e. The van der Waals surface area contributed by atoms with Gasteiger partial charge >= 0.3 is 11.9 Å². The average Bonchev–Trinajstić information content (AvgIpc) is 3.82. The molecule has 5 N–H and O–H groups in total. The van der Waals surface area contributed by atoms with Gasteiger partial charge in [0.2, 0.25) is 29.4 Å². The number of nitrogens with zero attached hydrogens (tertiary/aromatic N) is 4. The standard InChI is InChI=1S/C35H40N4O13S/c1-3-24(18-20-37(2)19-8-4-6-10-33(44)51-38-29(40)14-15-30(38)41)35-36-23-27(50-35)25-12-13-26(28(22-25)53(46,47)48)49-21-9-5-7-11-34(45)52-39-31(42)16-17-32(39)43/h3,12-18,20,22-23H,2,4-11,19,21H2,1H3,(H4-,40,41,42,43,46,47,48)/p+1. The Labute approximate surface area is 304 Å². The molecule has 4 aromatic rings. The molecule has 3 heterocycles. The van der Waals surface area contributed by atoms with Gasteiger partial charge in [-0.15, -0.1) is 9.46 Å². The van der Waals surface area contributed by atoms with E-state index < -0.39 is 38.7 Å². The number of carbonyl (C=O) groups excluding carboxylic acids is 2. The second-order valence-electron chi connectivity index (χ2n) is 11.6.